The van der Waals surface area contributed by atoms with Gasteiger partial charge in [0, 0.05) is 11.9 Å². The second-order valence-corrected chi connectivity index (χ2v) is 4.79. The summed E-state index contributed by atoms with van der Waals surface area (Å²) in [6.45, 7) is 1.33. The molecule has 0 unspecified atom stereocenters. The van der Waals surface area contributed by atoms with Crippen molar-refractivity contribution in [2.75, 3.05) is 0 Å². The summed E-state index contributed by atoms with van der Waals surface area (Å²) in [5, 5.41) is 8.68. The Kier molecular flexibility index (Phi) is 3.50. The smallest absolute Gasteiger partial charge is 0.308 e. The van der Waals surface area contributed by atoms with Crippen LogP contribution in [0.3, 0.4) is 0 Å². The molecule has 0 spiro atoms. The minimum absolute atomic E-state index is 0.351. The Morgan fingerprint density at radius 1 is 1.10 bits per heavy atom. The molecule has 0 saturated carbocycles. The van der Waals surface area contributed by atoms with E-state index in [1.54, 1.807) is 18.2 Å². The lowest BCUT2D eigenvalue weighted by atomic mass is 10.2. The number of hydrogen-bond acceptors (Lipinski definition) is 5. The molecular formula is C15H10ClN3O2. The summed E-state index contributed by atoms with van der Waals surface area (Å²) in [4.78, 5) is 15.6. The molecule has 0 aliphatic carbocycles. The van der Waals surface area contributed by atoms with Crippen LogP contribution in [0, 0.1) is 0 Å². The molecule has 0 amide bonds. The Morgan fingerprint density at radius 2 is 1.86 bits per heavy atom. The summed E-state index contributed by atoms with van der Waals surface area (Å²) >= 11 is 6.01. The molecule has 0 atom stereocenters. The predicted molar refractivity (Wildman–Crippen MR) is 79.1 cm³/mol. The third-order valence-electron chi connectivity index (χ3n) is 2.80. The summed E-state index contributed by atoms with van der Waals surface area (Å²) in [5.74, 6) is 0.281. The van der Waals surface area contributed by atoms with Gasteiger partial charge in [-0.1, -0.05) is 23.7 Å². The molecule has 1 heterocycles. The van der Waals surface area contributed by atoms with Gasteiger partial charge >= 0.3 is 5.97 Å². The van der Waals surface area contributed by atoms with Crippen LogP contribution in [0.1, 0.15) is 6.92 Å². The maximum Gasteiger partial charge on any atom is 0.308 e. The first-order valence-corrected chi connectivity index (χ1v) is 6.59. The highest BCUT2D eigenvalue weighted by molar-refractivity contribution is 6.31. The summed E-state index contributed by atoms with van der Waals surface area (Å²) in [6, 6.07) is 12.3. The molecule has 0 aliphatic rings. The molecule has 3 rings (SSSR count). The molecule has 5 nitrogen and oxygen atoms in total. The summed E-state index contributed by atoms with van der Waals surface area (Å²) in [6.07, 6.45) is 0. The standard InChI is InChI=1S/C15H10ClN3O2/c1-9(20)21-14-7-6-10(16)8-11(14)15-17-12-4-2-3-5-13(12)18-19-15/h2-8H,1H3. The highest BCUT2D eigenvalue weighted by Gasteiger charge is 2.13. The van der Waals surface area contributed by atoms with E-state index in [-0.39, 0.29) is 0 Å². The number of carbonyl (C=O) groups is 1. The van der Waals surface area contributed by atoms with E-state index in [1.165, 1.54) is 6.92 Å². The van der Waals surface area contributed by atoms with Crippen molar-refractivity contribution >= 4 is 28.6 Å². The molecule has 0 radical (unpaired) electrons. The SMILES string of the molecule is CC(=O)Oc1ccc(Cl)cc1-c1nnc2ccccc2n1. The van der Waals surface area contributed by atoms with Crippen molar-refractivity contribution in [3.05, 3.63) is 47.5 Å². The molecule has 0 saturated heterocycles. The summed E-state index contributed by atoms with van der Waals surface area (Å²) < 4.78 is 5.16. The van der Waals surface area contributed by atoms with Gasteiger partial charge in [-0.3, -0.25) is 4.79 Å². The Hall–Kier alpha value is -2.53. The van der Waals surface area contributed by atoms with Crippen LogP contribution in [0.15, 0.2) is 42.5 Å². The van der Waals surface area contributed by atoms with Crippen LogP contribution in [0.25, 0.3) is 22.4 Å². The predicted octanol–water partition coefficient (Wildman–Crippen LogP) is 3.27. The molecule has 1 aromatic heterocycles. The number of rotatable bonds is 2. The minimum Gasteiger partial charge on any atom is -0.426 e. The molecule has 21 heavy (non-hydrogen) atoms. The minimum atomic E-state index is -0.424. The van der Waals surface area contributed by atoms with Crippen LogP contribution in [0.5, 0.6) is 5.75 Å². The molecule has 104 valence electrons. The number of carbonyl (C=O) groups excluding carboxylic acids is 1. The maximum atomic E-state index is 11.2. The normalized spacial score (nSPS) is 10.6. The molecule has 0 N–H and O–H groups in total. The number of nitrogens with zero attached hydrogens (tertiary/aromatic N) is 3. The van der Waals surface area contributed by atoms with Crippen molar-refractivity contribution in [2.45, 2.75) is 6.92 Å². The van der Waals surface area contributed by atoms with Gasteiger partial charge in [0.25, 0.3) is 0 Å². The zero-order chi connectivity index (χ0) is 14.8. The van der Waals surface area contributed by atoms with E-state index in [4.69, 9.17) is 16.3 Å². The van der Waals surface area contributed by atoms with Crippen LogP contribution in [0.2, 0.25) is 5.02 Å². The second kappa shape index (κ2) is 5.46. The quantitative estimate of drug-likeness (QED) is 0.537. The molecule has 3 aromatic rings. The first-order chi connectivity index (χ1) is 10.1. The molecule has 6 heteroatoms. The topological polar surface area (TPSA) is 65.0 Å². The van der Waals surface area contributed by atoms with Crippen molar-refractivity contribution in [1.82, 2.24) is 15.2 Å². The van der Waals surface area contributed by atoms with Gasteiger partial charge < -0.3 is 4.74 Å². The van der Waals surface area contributed by atoms with Crippen LogP contribution < -0.4 is 4.74 Å². The third-order valence-corrected chi connectivity index (χ3v) is 3.03. The van der Waals surface area contributed by atoms with E-state index in [0.717, 1.165) is 0 Å². The Bertz CT molecular complexity index is 836. The number of benzene rings is 2. The lowest BCUT2D eigenvalue weighted by molar-refractivity contribution is -0.131. The van der Waals surface area contributed by atoms with Gasteiger partial charge in [0.15, 0.2) is 5.82 Å². The number of halogens is 1. The monoisotopic (exact) mass is 299 g/mol. The van der Waals surface area contributed by atoms with E-state index < -0.39 is 5.97 Å². The molecule has 0 aliphatic heterocycles. The number of para-hydroxylation sites is 1. The second-order valence-electron chi connectivity index (χ2n) is 4.36. The van der Waals surface area contributed by atoms with Crippen LogP contribution in [-0.2, 0) is 4.79 Å². The van der Waals surface area contributed by atoms with E-state index in [9.17, 15) is 4.79 Å². The van der Waals surface area contributed by atoms with Gasteiger partial charge in [0.05, 0.1) is 11.1 Å². The van der Waals surface area contributed by atoms with E-state index in [2.05, 4.69) is 15.2 Å². The van der Waals surface area contributed by atoms with Gasteiger partial charge in [-0.15, -0.1) is 10.2 Å². The zero-order valence-corrected chi connectivity index (χ0v) is 11.8. The lowest BCUT2D eigenvalue weighted by Gasteiger charge is -2.08. The fourth-order valence-electron chi connectivity index (χ4n) is 1.92. The van der Waals surface area contributed by atoms with Crippen LogP contribution in [0.4, 0.5) is 0 Å². The maximum absolute atomic E-state index is 11.2. The van der Waals surface area contributed by atoms with Crippen molar-refractivity contribution in [2.24, 2.45) is 0 Å². The number of esters is 1. The fourth-order valence-corrected chi connectivity index (χ4v) is 2.09. The third kappa shape index (κ3) is 2.83. The summed E-state index contributed by atoms with van der Waals surface area (Å²) in [7, 11) is 0. The highest BCUT2D eigenvalue weighted by atomic mass is 35.5. The number of ether oxygens (including phenoxy) is 1. The largest absolute Gasteiger partial charge is 0.426 e. The van der Waals surface area contributed by atoms with E-state index >= 15 is 0 Å². The molecule has 2 aromatic carbocycles. The lowest BCUT2D eigenvalue weighted by Crippen LogP contribution is -2.04. The number of hydrogen-bond donors (Lipinski definition) is 0. The summed E-state index contributed by atoms with van der Waals surface area (Å²) in [5.41, 5.74) is 1.92. The van der Waals surface area contributed by atoms with Crippen molar-refractivity contribution in [1.29, 1.82) is 0 Å². The Balaban J connectivity index is 2.16. The van der Waals surface area contributed by atoms with Gasteiger partial charge in [0.2, 0.25) is 0 Å². The Morgan fingerprint density at radius 3 is 2.62 bits per heavy atom. The molecule has 0 bridgehead atoms. The average molecular weight is 300 g/mol. The molecule has 0 fully saturated rings. The van der Waals surface area contributed by atoms with Gasteiger partial charge in [-0.2, -0.15) is 0 Å². The average Bonchev–Trinajstić information content (AvgIpc) is 2.48. The van der Waals surface area contributed by atoms with Gasteiger partial charge in [0.1, 0.15) is 11.3 Å². The zero-order valence-electron chi connectivity index (χ0n) is 11.1. The van der Waals surface area contributed by atoms with E-state index in [0.29, 0.717) is 33.2 Å². The number of fused-ring (bicyclic) bond motifs is 1. The van der Waals surface area contributed by atoms with Crippen LogP contribution in [-0.4, -0.2) is 21.2 Å². The fraction of sp³-hybridized carbons (Fsp3) is 0.0667. The van der Waals surface area contributed by atoms with Crippen molar-refractivity contribution in [3.63, 3.8) is 0 Å². The first-order valence-electron chi connectivity index (χ1n) is 6.21. The van der Waals surface area contributed by atoms with Crippen molar-refractivity contribution in [3.8, 4) is 17.1 Å². The Labute approximate surface area is 125 Å². The van der Waals surface area contributed by atoms with Gasteiger partial charge in [-0.25, -0.2) is 4.98 Å². The highest BCUT2D eigenvalue weighted by Crippen LogP contribution is 2.30. The first kappa shape index (κ1) is 13.5. The number of aromatic nitrogens is 3. The van der Waals surface area contributed by atoms with Crippen molar-refractivity contribution < 1.29 is 9.53 Å². The van der Waals surface area contributed by atoms with Gasteiger partial charge in [-0.05, 0) is 30.3 Å². The van der Waals surface area contributed by atoms with E-state index in [1.807, 2.05) is 24.3 Å². The molecular weight excluding hydrogens is 290 g/mol. The van der Waals surface area contributed by atoms with Crippen LogP contribution >= 0.6 is 11.6 Å².